The van der Waals surface area contributed by atoms with Crippen LogP contribution >= 0.6 is 0 Å². The molecule has 1 spiro atoms. The van der Waals surface area contributed by atoms with E-state index in [0.29, 0.717) is 18.8 Å². The number of carbonyl (C=O) groups excluding carboxylic acids is 1. The highest BCUT2D eigenvalue weighted by Gasteiger charge is 2.59. The molecule has 0 aromatic heterocycles. The molecule has 1 unspecified atom stereocenters. The number of hydrogen-bond acceptors (Lipinski definition) is 4. The second-order valence-electron chi connectivity index (χ2n) is 8.41. The number of ether oxygens (including phenoxy) is 2. The zero-order chi connectivity index (χ0) is 18.5. The predicted molar refractivity (Wildman–Crippen MR) is 94.3 cm³/mol. The van der Waals surface area contributed by atoms with Crippen molar-refractivity contribution in [2.24, 2.45) is 11.3 Å². The van der Waals surface area contributed by atoms with Gasteiger partial charge in [-0.1, -0.05) is 12.1 Å². The highest BCUT2D eigenvalue weighted by atomic mass is 16.5. The van der Waals surface area contributed by atoms with E-state index in [2.05, 4.69) is 0 Å². The van der Waals surface area contributed by atoms with Gasteiger partial charge in [-0.05, 0) is 44.6 Å². The highest BCUT2D eigenvalue weighted by Crippen LogP contribution is 2.59. The van der Waals surface area contributed by atoms with Gasteiger partial charge in [-0.25, -0.2) is 0 Å². The van der Waals surface area contributed by atoms with Crippen molar-refractivity contribution >= 4 is 11.9 Å². The quantitative estimate of drug-likeness (QED) is 0.894. The van der Waals surface area contributed by atoms with Crippen molar-refractivity contribution in [3.63, 3.8) is 0 Å². The first kappa shape index (κ1) is 17.2. The number of piperidine rings is 1. The topological polar surface area (TPSA) is 76.1 Å². The molecule has 6 heteroatoms. The van der Waals surface area contributed by atoms with E-state index in [9.17, 15) is 9.59 Å². The largest absolute Gasteiger partial charge is 0.483 e. The monoisotopic (exact) mass is 359 g/mol. The number of carboxylic acid groups (broad SMARTS) is 1. The van der Waals surface area contributed by atoms with Gasteiger partial charge in [0.2, 0.25) is 0 Å². The Balaban J connectivity index is 1.32. The van der Waals surface area contributed by atoms with Crippen molar-refractivity contribution in [1.29, 1.82) is 0 Å². The fourth-order valence-corrected chi connectivity index (χ4v) is 4.38. The van der Waals surface area contributed by atoms with Gasteiger partial charge in [0.15, 0.2) is 18.1 Å². The van der Waals surface area contributed by atoms with Gasteiger partial charge in [0, 0.05) is 25.1 Å². The first-order valence-electron chi connectivity index (χ1n) is 9.24. The summed E-state index contributed by atoms with van der Waals surface area (Å²) < 4.78 is 11.7. The van der Waals surface area contributed by atoms with Crippen molar-refractivity contribution in [3.8, 4) is 11.5 Å². The maximum Gasteiger partial charge on any atom is 0.307 e. The minimum atomic E-state index is -0.700. The van der Waals surface area contributed by atoms with Crippen LogP contribution in [-0.2, 0) is 16.0 Å². The number of para-hydroxylation sites is 1. The molecule has 1 saturated heterocycles. The molecule has 6 nitrogen and oxygen atoms in total. The molecule has 1 amide bonds. The Bertz CT molecular complexity index is 749. The third-order valence-electron chi connectivity index (χ3n) is 6.01. The molecular formula is C20H25NO5. The molecule has 1 aliphatic carbocycles. The number of carboxylic acids is 1. The normalized spacial score (nSPS) is 24.7. The minimum Gasteiger partial charge on any atom is -0.483 e. The number of rotatable bonds is 4. The molecule has 0 bridgehead atoms. The van der Waals surface area contributed by atoms with Crippen molar-refractivity contribution in [2.75, 3.05) is 19.7 Å². The van der Waals surface area contributed by atoms with Crippen LogP contribution in [0.5, 0.6) is 11.5 Å². The molecular weight excluding hydrogens is 334 g/mol. The van der Waals surface area contributed by atoms with Gasteiger partial charge >= 0.3 is 5.97 Å². The molecule has 2 aliphatic heterocycles. The van der Waals surface area contributed by atoms with Crippen LogP contribution in [0, 0.1) is 11.3 Å². The fourth-order valence-electron chi connectivity index (χ4n) is 4.38. The van der Waals surface area contributed by atoms with Crippen LogP contribution in [0.15, 0.2) is 18.2 Å². The lowest BCUT2D eigenvalue weighted by Crippen LogP contribution is -2.42. The smallest absolute Gasteiger partial charge is 0.307 e. The summed E-state index contributed by atoms with van der Waals surface area (Å²) in [6.45, 7) is 5.28. The van der Waals surface area contributed by atoms with E-state index >= 15 is 0 Å². The molecule has 4 rings (SSSR count). The van der Waals surface area contributed by atoms with Crippen LogP contribution in [0.3, 0.4) is 0 Å². The summed E-state index contributed by atoms with van der Waals surface area (Å²) in [7, 11) is 0. The van der Waals surface area contributed by atoms with Crippen LogP contribution < -0.4 is 9.47 Å². The average molecular weight is 359 g/mol. The second kappa shape index (κ2) is 5.89. The van der Waals surface area contributed by atoms with Crippen molar-refractivity contribution in [1.82, 2.24) is 4.90 Å². The zero-order valence-electron chi connectivity index (χ0n) is 15.3. The van der Waals surface area contributed by atoms with E-state index in [1.54, 1.807) is 4.90 Å². The highest BCUT2D eigenvalue weighted by molar-refractivity contribution is 5.78. The molecule has 1 N–H and O–H groups in total. The van der Waals surface area contributed by atoms with Gasteiger partial charge in [-0.15, -0.1) is 0 Å². The molecule has 0 radical (unpaired) electrons. The molecule has 2 fully saturated rings. The van der Waals surface area contributed by atoms with Crippen LogP contribution in [0.4, 0.5) is 0 Å². The first-order chi connectivity index (χ1) is 12.3. The van der Waals surface area contributed by atoms with Crippen molar-refractivity contribution in [3.05, 3.63) is 23.8 Å². The Labute approximate surface area is 153 Å². The summed E-state index contributed by atoms with van der Waals surface area (Å²) in [5, 5.41) is 9.16. The summed E-state index contributed by atoms with van der Waals surface area (Å²) in [4.78, 5) is 25.4. The number of hydrogen-bond donors (Lipinski definition) is 1. The number of nitrogens with zero attached hydrogens (tertiary/aromatic N) is 1. The van der Waals surface area contributed by atoms with Crippen molar-refractivity contribution < 1.29 is 24.2 Å². The van der Waals surface area contributed by atoms with Crippen LogP contribution in [0.25, 0.3) is 0 Å². The molecule has 1 aromatic carbocycles. The summed E-state index contributed by atoms with van der Waals surface area (Å²) in [6, 6.07) is 5.78. The molecule has 3 aliphatic rings. The summed E-state index contributed by atoms with van der Waals surface area (Å²) >= 11 is 0. The fraction of sp³-hybridized carbons (Fsp3) is 0.600. The minimum absolute atomic E-state index is 0.0183. The van der Waals surface area contributed by atoms with E-state index < -0.39 is 5.97 Å². The SMILES string of the molecule is CC1(C)Cc2cccc(OCC(=O)N3CCC4(CC3)CC4C(=O)O)c2O1. The molecule has 1 saturated carbocycles. The van der Waals surface area contributed by atoms with E-state index in [-0.39, 0.29) is 29.4 Å². The van der Waals surface area contributed by atoms with Gasteiger partial charge in [-0.3, -0.25) is 9.59 Å². The zero-order valence-corrected chi connectivity index (χ0v) is 15.3. The van der Waals surface area contributed by atoms with Gasteiger partial charge in [0.05, 0.1) is 5.92 Å². The van der Waals surface area contributed by atoms with Gasteiger partial charge < -0.3 is 19.5 Å². The Morgan fingerprint density at radius 2 is 2.04 bits per heavy atom. The Kier molecular flexibility index (Phi) is 3.90. The van der Waals surface area contributed by atoms with E-state index in [0.717, 1.165) is 37.0 Å². The van der Waals surface area contributed by atoms with Crippen LogP contribution in [0.2, 0.25) is 0 Å². The summed E-state index contributed by atoms with van der Waals surface area (Å²) in [5.41, 5.74) is 0.787. The standard InChI is InChI=1S/C20H25NO5/c1-19(2)10-13-4-3-5-15(17(13)26-19)25-12-16(22)21-8-6-20(7-9-21)11-14(20)18(23)24/h3-5,14H,6-12H2,1-2H3,(H,23,24). The predicted octanol–water partition coefficient (Wildman–Crippen LogP) is 2.49. The maximum absolute atomic E-state index is 12.5. The maximum atomic E-state index is 12.5. The van der Waals surface area contributed by atoms with E-state index in [1.165, 1.54) is 0 Å². The number of fused-ring (bicyclic) bond motifs is 1. The molecule has 1 aromatic rings. The average Bonchev–Trinajstić information content (AvgIpc) is 3.18. The lowest BCUT2D eigenvalue weighted by molar-refractivity contribution is -0.140. The first-order valence-corrected chi connectivity index (χ1v) is 9.24. The second-order valence-corrected chi connectivity index (χ2v) is 8.41. The summed E-state index contributed by atoms with van der Waals surface area (Å²) in [6.07, 6.45) is 3.12. The number of amides is 1. The lowest BCUT2D eigenvalue weighted by Gasteiger charge is -2.32. The Morgan fingerprint density at radius 1 is 1.31 bits per heavy atom. The van der Waals surface area contributed by atoms with Gasteiger partial charge in [0.25, 0.3) is 5.91 Å². The third-order valence-corrected chi connectivity index (χ3v) is 6.01. The van der Waals surface area contributed by atoms with E-state index in [4.69, 9.17) is 14.6 Å². The van der Waals surface area contributed by atoms with Crippen LogP contribution in [0.1, 0.15) is 38.7 Å². The molecule has 1 atom stereocenters. The molecule has 2 heterocycles. The van der Waals surface area contributed by atoms with Crippen LogP contribution in [-0.4, -0.2) is 47.2 Å². The number of likely N-dealkylation sites (tertiary alicyclic amines) is 1. The van der Waals surface area contributed by atoms with Crippen molar-refractivity contribution in [2.45, 2.75) is 45.1 Å². The Morgan fingerprint density at radius 3 is 2.69 bits per heavy atom. The molecule has 26 heavy (non-hydrogen) atoms. The Hall–Kier alpha value is -2.24. The van der Waals surface area contributed by atoms with Gasteiger partial charge in [0.1, 0.15) is 5.60 Å². The van der Waals surface area contributed by atoms with E-state index in [1.807, 2.05) is 32.0 Å². The third kappa shape index (κ3) is 3.02. The number of carbonyl (C=O) groups is 2. The number of benzene rings is 1. The number of aliphatic carboxylic acids is 1. The molecule has 140 valence electrons. The lowest BCUT2D eigenvalue weighted by atomic mass is 9.91. The van der Waals surface area contributed by atoms with Gasteiger partial charge in [-0.2, -0.15) is 0 Å². The summed E-state index contributed by atoms with van der Waals surface area (Å²) in [5.74, 6) is 0.382.